The molecule has 2 heterocycles. The maximum Gasteiger partial charge on any atom is 0.231 e. The second kappa shape index (κ2) is 11.7. The van der Waals surface area contributed by atoms with Crippen molar-refractivity contribution in [2.24, 2.45) is 17.1 Å². The van der Waals surface area contributed by atoms with Gasteiger partial charge in [0.2, 0.25) is 5.91 Å². The number of ether oxygens (including phenoxy) is 1. The summed E-state index contributed by atoms with van der Waals surface area (Å²) in [5.74, 6) is 2.40. The van der Waals surface area contributed by atoms with E-state index in [0.29, 0.717) is 5.92 Å². The van der Waals surface area contributed by atoms with Crippen LogP contribution in [0.25, 0.3) is 10.4 Å². The molecule has 224 valence electrons. The summed E-state index contributed by atoms with van der Waals surface area (Å²) in [5.41, 5.74) is 10.4. The van der Waals surface area contributed by atoms with E-state index >= 15 is 0 Å². The van der Waals surface area contributed by atoms with Crippen LogP contribution < -0.4 is 15.4 Å². The van der Waals surface area contributed by atoms with Crippen molar-refractivity contribution in [3.05, 3.63) is 58.9 Å². The Bertz CT molecular complexity index is 1400. The molecule has 0 atom stereocenters. The Hall–Kier alpha value is -2.77. The van der Waals surface area contributed by atoms with Gasteiger partial charge in [-0.15, -0.1) is 11.3 Å². The number of methoxy groups -OCH3 is 1. The van der Waals surface area contributed by atoms with Gasteiger partial charge in [0, 0.05) is 36.8 Å². The normalized spacial score (nSPS) is 27.3. The molecule has 42 heavy (non-hydrogen) atoms. The summed E-state index contributed by atoms with van der Waals surface area (Å²) in [6.45, 7) is 7.25. The summed E-state index contributed by atoms with van der Waals surface area (Å²) in [5, 5.41) is 1.13. The van der Waals surface area contributed by atoms with Crippen LogP contribution in [0, 0.1) is 18.3 Å². The number of thiazole rings is 1. The lowest BCUT2D eigenvalue weighted by Crippen LogP contribution is -2.52. The number of hydrogen-bond acceptors (Lipinski definition) is 6. The van der Waals surface area contributed by atoms with E-state index in [1.54, 1.807) is 18.4 Å². The first-order valence-electron chi connectivity index (χ1n) is 15.9. The summed E-state index contributed by atoms with van der Waals surface area (Å²) >= 11 is 1.73. The second-order valence-corrected chi connectivity index (χ2v) is 14.7. The minimum absolute atomic E-state index is 0.0242. The van der Waals surface area contributed by atoms with E-state index in [1.165, 1.54) is 30.4 Å². The molecule has 4 aliphatic rings. The monoisotopic (exact) mass is 586 g/mol. The first-order chi connectivity index (χ1) is 20.2. The zero-order chi connectivity index (χ0) is 29.5. The summed E-state index contributed by atoms with van der Waals surface area (Å²) < 4.78 is 5.54. The second-order valence-electron chi connectivity index (χ2n) is 13.6. The number of benzene rings is 1. The molecule has 7 heteroatoms. The summed E-state index contributed by atoms with van der Waals surface area (Å²) in [6, 6.07) is 11.2. The molecule has 6 nitrogen and oxygen atoms in total. The molecule has 0 spiro atoms. The predicted octanol–water partition coefficient (Wildman–Crippen LogP) is 7.79. The van der Waals surface area contributed by atoms with Crippen LogP contribution in [-0.2, 0) is 10.2 Å². The lowest BCUT2D eigenvalue weighted by Gasteiger charge is -2.55. The standard InChI is InChI=1S/C35H46N4O2S/c1-23(2)32-38-21-30(42-32)26-11-18-37-31(20-26)39(33(40)25-5-8-28(36)9-6-25)22-34-12-15-35(16-13-34,17-14-34)27-7-10-29(41-4)24(3)19-27/h7,10-11,18-21,23,25,28H,5-6,8-9,12-17,22,36H2,1-4H3. The van der Waals surface area contributed by atoms with Gasteiger partial charge in [-0.25, -0.2) is 9.97 Å². The third-order valence-electron chi connectivity index (χ3n) is 10.6. The van der Waals surface area contributed by atoms with Crippen LogP contribution in [-0.4, -0.2) is 35.6 Å². The molecule has 4 saturated carbocycles. The average molecular weight is 587 g/mol. The number of aromatic nitrogens is 2. The highest BCUT2D eigenvalue weighted by Gasteiger charge is 2.50. The number of carbonyl (C=O) groups is 1. The smallest absolute Gasteiger partial charge is 0.231 e. The first-order valence-corrected chi connectivity index (χ1v) is 16.7. The number of nitrogens with two attached hydrogens (primary N) is 1. The molecular formula is C35H46N4O2S. The Kier molecular flexibility index (Phi) is 8.18. The van der Waals surface area contributed by atoms with Gasteiger partial charge in [-0.05, 0) is 117 Å². The van der Waals surface area contributed by atoms with Crippen molar-refractivity contribution >= 4 is 23.1 Å². The molecule has 4 aliphatic carbocycles. The van der Waals surface area contributed by atoms with Crippen LogP contribution in [0.1, 0.15) is 100 Å². The Morgan fingerprint density at radius 2 is 1.76 bits per heavy atom. The van der Waals surface area contributed by atoms with E-state index in [0.717, 1.165) is 78.5 Å². The molecule has 7 rings (SSSR count). The van der Waals surface area contributed by atoms with Gasteiger partial charge >= 0.3 is 0 Å². The van der Waals surface area contributed by atoms with Crippen LogP contribution in [0.5, 0.6) is 5.75 Å². The topological polar surface area (TPSA) is 81.3 Å². The average Bonchev–Trinajstić information content (AvgIpc) is 3.52. The Morgan fingerprint density at radius 3 is 2.38 bits per heavy atom. The fourth-order valence-electron chi connectivity index (χ4n) is 7.74. The zero-order valence-electron chi connectivity index (χ0n) is 25.7. The number of amides is 1. The number of hydrogen-bond donors (Lipinski definition) is 1. The number of nitrogens with zero attached hydrogens (tertiary/aromatic N) is 3. The van der Waals surface area contributed by atoms with E-state index < -0.39 is 0 Å². The minimum atomic E-state index is 0.0242. The molecule has 1 amide bonds. The van der Waals surface area contributed by atoms with Crippen molar-refractivity contribution in [3.8, 4) is 16.2 Å². The third kappa shape index (κ3) is 5.62. The summed E-state index contributed by atoms with van der Waals surface area (Å²) in [6.07, 6.45) is 14.4. The molecule has 4 fully saturated rings. The third-order valence-corrected chi connectivity index (χ3v) is 12.0. The van der Waals surface area contributed by atoms with Gasteiger partial charge in [0.25, 0.3) is 0 Å². The molecule has 0 radical (unpaired) electrons. The Morgan fingerprint density at radius 1 is 1.05 bits per heavy atom. The zero-order valence-corrected chi connectivity index (χ0v) is 26.5. The maximum absolute atomic E-state index is 14.3. The van der Waals surface area contributed by atoms with Gasteiger partial charge in [-0.2, -0.15) is 0 Å². The Labute approximate surface area is 255 Å². The number of aryl methyl sites for hydroxylation is 1. The Balaban J connectivity index is 1.27. The van der Waals surface area contributed by atoms with Crippen molar-refractivity contribution in [3.63, 3.8) is 0 Å². The van der Waals surface area contributed by atoms with Crippen LogP contribution in [0.15, 0.2) is 42.7 Å². The van der Waals surface area contributed by atoms with Crippen LogP contribution in [0.4, 0.5) is 5.82 Å². The summed E-state index contributed by atoms with van der Waals surface area (Å²) in [4.78, 5) is 27.0. The first kappa shape index (κ1) is 29.3. The highest BCUT2D eigenvalue weighted by atomic mass is 32.1. The fraction of sp³-hybridized carbons (Fsp3) is 0.571. The van der Waals surface area contributed by atoms with Crippen molar-refractivity contribution in [2.45, 2.75) is 102 Å². The molecular weight excluding hydrogens is 540 g/mol. The molecule has 3 aromatic rings. The van der Waals surface area contributed by atoms with Crippen molar-refractivity contribution in [1.29, 1.82) is 0 Å². The molecule has 2 N–H and O–H groups in total. The lowest BCUT2D eigenvalue weighted by atomic mass is 9.51. The van der Waals surface area contributed by atoms with E-state index in [1.807, 2.05) is 18.5 Å². The van der Waals surface area contributed by atoms with Gasteiger partial charge in [-0.3, -0.25) is 9.69 Å². The molecule has 0 unspecified atom stereocenters. The quantitative estimate of drug-likeness (QED) is 0.291. The fourth-order valence-corrected chi connectivity index (χ4v) is 8.66. The van der Waals surface area contributed by atoms with Gasteiger partial charge in [0.15, 0.2) is 0 Å². The lowest BCUT2D eigenvalue weighted by molar-refractivity contribution is -0.124. The van der Waals surface area contributed by atoms with Gasteiger partial charge in [0.1, 0.15) is 11.6 Å². The molecule has 2 aromatic heterocycles. The largest absolute Gasteiger partial charge is 0.496 e. The minimum Gasteiger partial charge on any atom is -0.496 e. The van der Waals surface area contributed by atoms with Crippen LogP contribution in [0.3, 0.4) is 0 Å². The SMILES string of the molecule is COc1ccc(C23CCC(CN(C(=O)C4CCC(N)CC4)c4cc(-c5cnc(C(C)C)s5)ccn4)(CC2)CC3)cc1C. The number of fused-ring (bicyclic) bond motifs is 3. The number of anilines is 1. The van der Waals surface area contributed by atoms with Crippen molar-refractivity contribution in [2.75, 3.05) is 18.6 Å². The van der Waals surface area contributed by atoms with Crippen molar-refractivity contribution in [1.82, 2.24) is 9.97 Å². The molecule has 0 aliphatic heterocycles. The van der Waals surface area contributed by atoms with Gasteiger partial charge in [-0.1, -0.05) is 26.0 Å². The number of carbonyl (C=O) groups excluding carboxylic acids is 1. The van der Waals surface area contributed by atoms with Crippen LogP contribution >= 0.6 is 11.3 Å². The van der Waals surface area contributed by atoms with E-state index in [9.17, 15) is 4.79 Å². The molecule has 2 bridgehead atoms. The van der Waals surface area contributed by atoms with Gasteiger partial charge < -0.3 is 10.5 Å². The summed E-state index contributed by atoms with van der Waals surface area (Å²) in [7, 11) is 1.75. The maximum atomic E-state index is 14.3. The van der Waals surface area contributed by atoms with E-state index in [-0.39, 0.29) is 28.7 Å². The van der Waals surface area contributed by atoms with E-state index in [4.69, 9.17) is 15.5 Å². The molecule has 1 aromatic carbocycles. The number of rotatable bonds is 8. The van der Waals surface area contributed by atoms with Crippen LogP contribution in [0.2, 0.25) is 0 Å². The highest BCUT2D eigenvalue weighted by Crippen LogP contribution is 2.58. The highest BCUT2D eigenvalue weighted by molar-refractivity contribution is 7.15. The molecule has 0 saturated heterocycles. The van der Waals surface area contributed by atoms with Crippen molar-refractivity contribution < 1.29 is 9.53 Å². The predicted molar refractivity (Wildman–Crippen MR) is 171 cm³/mol. The van der Waals surface area contributed by atoms with E-state index in [2.05, 4.69) is 54.9 Å². The van der Waals surface area contributed by atoms with Gasteiger partial charge in [0.05, 0.1) is 17.0 Å². The number of pyridine rings is 1.